The molecule has 0 spiro atoms. The molecule has 6 heteroatoms. The summed E-state index contributed by atoms with van der Waals surface area (Å²) in [7, 11) is 0. The van der Waals surface area contributed by atoms with Crippen molar-refractivity contribution in [1.82, 2.24) is 0 Å². The smallest absolute Gasteiger partial charge is 0.306 e. The molecule has 67 heavy (non-hydrogen) atoms. The van der Waals surface area contributed by atoms with Crippen LogP contribution in [0.15, 0.2) is 97.2 Å². The van der Waals surface area contributed by atoms with E-state index in [1.54, 1.807) is 0 Å². The summed E-state index contributed by atoms with van der Waals surface area (Å²) in [5, 5.41) is 0. The molecule has 0 radical (unpaired) electrons. The Hall–Kier alpha value is -3.67. The number of hydrogen-bond donors (Lipinski definition) is 0. The topological polar surface area (TPSA) is 78.9 Å². The van der Waals surface area contributed by atoms with E-state index in [0.717, 1.165) is 103 Å². The van der Waals surface area contributed by atoms with Crippen LogP contribution < -0.4 is 0 Å². The highest BCUT2D eigenvalue weighted by atomic mass is 16.6. The molecule has 0 aromatic rings. The molecule has 0 rings (SSSR count). The van der Waals surface area contributed by atoms with E-state index in [2.05, 4.69) is 118 Å². The summed E-state index contributed by atoms with van der Waals surface area (Å²) in [6.45, 7) is 6.42. The average molecular weight is 931 g/mol. The Bertz CT molecular complexity index is 1350. The zero-order valence-corrected chi connectivity index (χ0v) is 43.6. The van der Waals surface area contributed by atoms with Crippen molar-refractivity contribution in [3.63, 3.8) is 0 Å². The van der Waals surface area contributed by atoms with Gasteiger partial charge in [-0.25, -0.2) is 0 Å². The molecule has 0 amide bonds. The normalized spacial score (nSPS) is 12.8. The summed E-state index contributed by atoms with van der Waals surface area (Å²) in [6, 6.07) is 0. The fourth-order valence-corrected chi connectivity index (χ4v) is 7.37. The summed E-state index contributed by atoms with van der Waals surface area (Å²) in [5.41, 5.74) is 0. The van der Waals surface area contributed by atoms with Crippen LogP contribution in [-0.4, -0.2) is 37.2 Å². The first-order chi connectivity index (χ1) is 33.0. The second kappa shape index (κ2) is 54.9. The van der Waals surface area contributed by atoms with Gasteiger partial charge < -0.3 is 14.2 Å². The molecular formula is C61H102O6. The van der Waals surface area contributed by atoms with Gasteiger partial charge >= 0.3 is 17.9 Å². The zero-order valence-electron chi connectivity index (χ0n) is 43.6. The maximum absolute atomic E-state index is 12.8. The Kier molecular flexibility index (Phi) is 51.9. The number of hydrogen-bond acceptors (Lipinski definition) is 6. The maximum atomic E-state index is 12.8. The lowest BCUT2D eigenvalue weighted by molar-refractivity contribution is -0.167. The fourth-order valence-electron chi connectivity index (χ4n) is 7.37. The monoisotopic (exact) mass is 931 g/mol. The minimum Gasteiger partial charge on any atom is -0.462 e. The highest BCUT2D eigenvalue weighted by Crippen LogP contribution is 2.14. The lowest BCUT2D eigenvalue weighted by Gasteiger charge is -2.18. The van der Waals surface area contributed by atoms with E-state index < -0.39 is 6.10 Å². The van der Waals surface area contributed by atoms with E-state index in [1.165, 1.54) is 103 Å². The van der Waals surface area contributed by atoms with Crippen molar-refractivity contribution < 1.29 is 28.6 Å². The van der Waals surface area contributed by atoms with Crippen LogP contribution in [-0.2, 0) is 28.6 Å². The van der Waals surface area contributed by atoms with Gasteiger partial charge in [-0.2, -0.15) is 0 Å². The van der Waals surface area contributed by atoms with Crippen LogP contribution in [0.1, 0.15) is 252 Å². The van der Waals surface area contributed by atoms with Gasteiger partial charge in [-0.3, -0.25) is 14.4 Å². The Balaban J connectivity index is 4.49. The van der Waals surface area contributed by atoms with Gasteiger partial charge in [0, 0.05) is 19.3 Å². The number of allylic oxidation sites excluding steroid dienone is 16. The van der Waals surface area contributed by atoms with Crippen LogP contribution in [0.3, 0.4) is 0 Å². The van der Waals surface area contributed by atoms with E-state index in [4.69, 9.17) is 14.2 Å². The van der Waals surface area contributed by atoms with Gasteiger partial charge in [0.1, 0.15) is 13.2 Å². The van der Waals surface area contributed by atoms with E-state index in [9.17, 15) is 14.4 Å². The standard InChI is InChI=1S/C61H102O6/c1-4-7-10-13-16-19-22-25-28-30-32-33-36-39-42-45-48-51-54-60(63)66-57-58(56-65-59(62)53-50-47-44-41-38-35-27-24-21-18-15-12-9-6-3)67-61(64)55-52-49-46-43-40-37-34-31-29-26-23-20-17-14-11-8-5-2/h8,11,15,17-18,20,24,26-30,34,37,43,46,58H,4-7,9-10,12-14,16,19,21-23,25,31-33,35-36,38-42,44-45,47-57H2,1-3H3/b11-8-,18-15-,20-17-,27-24-,29-26-,30-28-,37-34-,46-43-. The Labute approximate surface area is 413 Å². The largest absolute Gasteiger partial charge is 0.462 e. The fraction of sp³-hybridized carbons (Fsp3) is 0.689. The molecule has 0 N–H and O–H groups in total. The molecule has 0 aliphatic heterocycles. The van der Waals surface area contributed by atoms with Crippen LogP contribution in [0, 0.1) is 0 Å². The minimum atomic E-state index is -0.816. The molecular weight excluding hydrogens is 829 g/mol. The van der Waals surface area contributed by atoms with Crippen molar-refractivity contribution in [2.45, 2.75) is 258 Å². The molecule has 1 unspecified atom stereocenters. The molecule has 0 aliphatic rings. The zero-order chi connectivity index (χ0) is 48.6. The van der Waals surface area contributed by atoms with Crippen molar-refractivity contribution in [2.24, 2.45) is 0 Å². The predicted molar refractivity (Wildman–Crippen MR) is 288 cm³/mol. The molecule has 0 fully saturated rings. The predicted octanol–water partition coefficient (Wildman–Crippen LogP) is 18.5. The van der Waals surface area contributed by atoms with Gasteiger partial charge in [0.2, 0.25) is 0 Å². The minimum absolute atomic E-state index is 0.107. The first-order valence-corrected chi connectivity index (χ1v) is 27.7. The quantitative estimate of drug-likeness (QED) is 0.0262. The number of esters is 3. The maximum Gasteiger partial charge on any atom is 0.306 e. The highest BCUT2D eigenvalue weighted by Gasteiger charge is 2.19. The van der Waals surface area contributed by atoms with Crippen LogP contribution >= 0.6 is 0 Å². The van der Waals surface area contributed by atoms with Crippen molar-refractivity contribution >= 4 is 17.9 Å². The number of carbonyl (C=O) groups is 3. The van der Waals surface area contributed by atoms with Gasteiger partial charge in [0.25, 0.3) is 0 Å². The van der Waals surface area contributed by atoms with Gasteiger partial charge in [-0.05, 0) is 109 Å². The van der Waals surface area contributed by atoms with E-state index in [-0.39, 0.29) is 37.5 Å². The third-order valence-electron chi connectivity index (χ3n) is 11.5. The van der Waals surface area contributed by atoms with Gasteiger partial charge in [-0.1, -0.05) is 221 Å². The van der Waals surface area contributed by atoms with Crippen LogP contribution in [0.4, 0.5) is 0 Å². The highest BCUT2D eigenvalue weighted by molar-refractivity contribution is 5.71. The van der Waals surface area contributed by atoms with Gasteiger partial charge in [0.15, 0.2) is 6.10 Å². The summed E-state index contributed by atoms with van der Waals surface area (Å²) >= 11 is 0. The molecule has 1 atom stereocenters. The SMILES string of the molecule is CC/C=C\C/C=C\C/C=C\C/C=C\C/C=C\CCCC(=O)OC(COC(=O)CCCCCCC/C=C\C/C=C\CCCC)COC(=O)CCCCCCCCC/C=C\CCCCCCCCC. The van der Waals surface area contributed by atoms with Gasteiger partial charge in [-0.15, -0.1) is 0 Å². The molecule has 0 aromatic carbocycles. The van der Waals surface area contributed by atoms with Gasteiger partial charge in [0.05, 0.1) is 0 Å². The van der Waals surface area contributed by atoms with E-state index in [0.29, 0.717) is 19.3 Å². The molecule has 0 bridgehead atoms. The van der Waals surface area contributed by atoms with Crippen LogP contribution in [0.25, 0.3) is 0 Å². The van der Waals surface area contributed by atoms with Crippen LogP contribution in [0.5, 0.6) is 0 Å². The number of carbonyl (C=O) groups excluding carboxylic acids is 3. The number of unbranched alkanes of at least 4 members (excludes halogenated alkanes) is 22. The Morgan fingerprint density at radius 1 is 0.313 bits per heavy atom. The molecule has 6 nitrogen and oxygen atoms in total. The molecule has 0 aliphatic carbocycles. The lowest BCUT2D eigenvalue weighted by atomic mass is 10.1. The molecule has 0 saturated heterocycles. The van der Waals surface area contributed by atoms with Crippen molar-refractivity contribution in [2.75, 3.05) is 13.2 Å². The number of rotatable bonds is 49. The molecule has 0 saturated carbocycles. The second-order valence-corrected chi connectivity index (χ2v) is 18.1. The lowest BCUT2D eigenvalue weighted by Crippen LogP contribution is -2.30. The number of ether oxygens (including phenoxy) is 3. The summed E-state index contributed by atoms with van der Waals surface area (Å²) < 4.78 is 16.8. The van der Waals surface area contributed by atoms with E-state index >= 15 is 0 Å². The third-order valence-corrected chi connectivity index (χ3v) is 11.5. The summed E-state index contributed by atoms with van der Waals surface area (Å²) in [6.07, 6.45) is 72.5. The summed E-state index contributed by atoms with van der Waals surface area (Å²) in [4.78, 5) is 38.1. The first kappa shape index (κ1) is 63.3. The average Bonchev–Trinajstić information content (AvgIpc) is 3.33. The van der Waals surface area contributed by atoms with Crippen LogP contribution in [0.2, 0.25) is 0 Å². The Morgan fingerprint density at radius 2 is 0.612 bits per heavy atom. The Morgan fingerprint density at radius 3 is 1.01 bits per heavy atom. The van der Waals surface area contributed by atoms with Crippen molar-refractivity contribution in [3.05, 3.63) is 97.2 Å². The third kappa shape index (κ3) is 53.2. The second-order valence-electron chi connectivity index (χ2n) is 18.1. The molecule has 0 aromatic heterocycles. The molecule has 0 heterocycles. The van der Waals surface area contributed by atoms with Crippen molar-refractivity contribution in [3.8, 4) is 0 Å². The first-order valence-electron chi connectivity index (χ1n) is 27.7. The molecule has 382 valence electrons. The van der Waals surface area contributed by atoms with Crippen molar-refractivity contribution in [1.29, 1.82) is 0 Å². The summed E-state index contributed by atoms with van der Waals surface area (Å²) in [5.74, 6) is -0.984. The van der Waals surface area contributed by atoms with E-state index in [1.807, 2.05) is 0 Å².